The van der Waals surface area contributed by atoms with Gasteiger partial charge in [0.2, 0.25) is 0 Å². The van der Waals surface area contributed by atoms with Crippen LogP contribution in [-0.4, -0.2) is 48.0 Å². The third-order valence-corrected chi connectivity index (χ3v) is 6.34. The Bertz CT molecular complexity index is 1330. The first-order valence-corrected chi connectivity index (χ1v) is 12.0. The first-order valence-electron chi connectivity index (χ1n) is 12.0. The number of carbonyl (C=O) groups excluding carboxylic acids is 1. The van der Waals surface area contributed by atoms with Crippen LogP contribution < -0.4 is 19.7 Å². The lowest BCUT2D eigenvalue weighted by atomic mass is 10.1. The van der Waals surface area contributed by atoms with Gasteiger partial charge < -0.3 is 19.7 Å². The molecule has 8 nitrogen and oxygen atoms in total. The number of para-hydroxylation sites is 1. The zero-order chi connectivity index (χ0) is 24.9. The van der Waals surface area contributed by atoms with Crippen molar-refractivity contribution in [2.24, 2.45) is 0 Å². The minimum absolute atomic E-state index is 0.228. The maximum absolute atomic E-state index is 13.4. The summed E-state index contributed by atoms with van der Waals surface area (Å²) in [5.74, 6) is 1.99. The molecule has 1 fully saturated rings. The summed E-state index contributed by atoms with van der Waals surface area (Å²) in [5, 5.41) is 7.79. The number of nitrogens with zero attached hydrogens (tertiary/aromatic N) is 4. The molecule has 1 amide bonds. The highest BCUT2D eigenvalue weighted by molar-refractivity contribution is 6.00. The van der Waals surface area contributed by atoms with Crippen LogP contribution in [0.2, 0.25) is 0 Å². The number of benzene rings is 2. The molecule has 3 heterocycles. The summed E-state index contributed by atoms with van der Waals surface area (Å²) in [6, 6.07) is 19.2. The van der Waals surface area contributed by atoms with E-state index in [4.69, 9.17) is 14.6 Å². The fourth-order valence-corrected chi connectivity index (χ4v) is 4.38. The first-order chi connectivity index (χ1) is 17.7. The molecule has 4 aromatic rings. The van der Waals surface area contributed by atoms with Gasteiger partial charge in [-0.15, -0.1) is 0 Å². The van der Waals surface area contributed by atoms with Gasteiger partial charge in [-0.1, -0.05) is 24.3 Å². The fourth-order valence-electron chi connectivity index (χ4n) is 4.38. The number of hydrogen-bond acceptors (Lipinski definition) is 6. The van der Waals surface area contributed by atoms with E-state index < -0.39 is 0 Å². The van der Waals surface area contributed by atoms with E-state index in [9.17, 15) is 4.79 Å². The van der Waals surface area contributed by atoms with Gasteiger partial charge in [-0.05, 0) is 48.7 Å². The molecule has 0 unspecified atom stereocenters. The summed E-state index contributed by atoms with van der Waals surface area (Å²) in [5.41, 5.74) is 3.47. The lowest BCUT2D eigenvalue weighted by molar-refractivity contribution is 0.0951. The van der Waals surface area contributed by atoms with Crippen LogP contribution in [0, 0.1) is 0 Å². The summed E-state index contributed by atoms with van der Waals surface area (Å²) in [4.78, 5) is 20.3. The van der Waals surface area contributed by atoms with Crippen LogP contribution in [0.4, 0.5) is 5.82 Å². The van der Waals surface area contributed by atoms with Crippen molar-refractivity contribution in [3.8, 4) is 28.4 Å². The van der Waals surface area contributed by atoms with Gasteiger partial charge in [-0.25, -0.2) is 9.67 Å². The number of pyridine rings is 1. The summed E-state index contributed by atoms with van der Waals surface area (Å²) in [7, 11) is 3.19. The number of methoxy groups -OCH3 is 2. The molecule has 0 atom stereocenters. The Morgan fingerprint density at radius 1 is 1.00 bits per heavy atom. The fraction of sp³-hybridized carbons (Fsp3) is 0.250. The van der Waals surface area contributed by atoms with Crippen LogP contribution in [0.25, 0.3) is 16.9 Å². The molecule has 1 aliphatic rings. The molecule has 5 rings (SSSR count). The molecule has 0 bridgehead atoms. The molecular formula is C28H29N5O3. The molecule has 2 aromatic carbocycles. The van der Waals surface area contributed by atoms with Crippen LogP contribution in [0.5, 0.6) is 11.5 Å². The Morgan fingerprint density at radius 2 is 1.81 bits per heavy atom. The van der Waals surface area contributed by atoms with Gasteiger partial charge in [0.25, 0.3) is 5.91 Å². The topological polar surface area (TPSA) is 81.5 Å². The van der Waals surface area contributed by atoms with Gasteiger partial charge in [0, 0.05) is 43.7 Å². The third-order valence-electron chi connectivity index (χ3n) is 6.34. The second-order valence-corrected chi connectivity index (χ2v) is 8.64. The Morgan fingerprint density at radius 3 is 2.50 bits per heavy atom. The highest BCUT2D eigenvalue weighted by Crippen LogP contribution is 2.35. The monoisotopic (exact) mass is 483 g/mol. The molecule has 184 valence electrons. The number of nitrogens with one attached hydrogen (secondary N) is 1. The van der Waals surface area contributed by atoms with Crippen molar-refractivity contribution >= 4 is 11.7 Å². The molecular weight excluding hydrogens is 454 g/mol. The standard InChI is InChI=1S/C28H29N5O3/c1-35-22-11-12-23(25(16-22)36-2)27-24(19-33(31-27)21-8-4-3-5-9-21)28(34)30-18-20-10-13-26(29-17-20)32-14-6-7-15-32/h3-5,8-13,16-17,19H,6-7,14-15,18H2,1-2H3,(H,30,34). The maximum Gasteiger partial charge on any atom is 0.255 e. The number of carbonyl (C=O) groups is 1. The van der Waals surface area contributed by atoms with Gasteiger partial charge in [0.05, 0.1) is 25.5 Å². The summed E-state index contributed by atoms with van der Waals surface area (Å²) in [6.07, 6.45) is 5.99. The van der Waals surface area contributed by atoms with Crippen molar-refractivity contribution in [3.63, 3.8) is 0 Å². The average molecular weight is 484 g/mol. The Balaban J connectivity index is 1.42. The number of aromatic nitrogens is 3. The van der Waals surface area contributed by atoms with Crippen LogP contribution in [0.3, 0.4) is 0 Å². The smallest absolute Gasteiger partial charge is 0.255 e. The molecule has 36 heavy (non-hydrogen) atoms. The van der Waals surface area contributed by atoms with Crippen LogP contribution >= 0.6 is 0 Å². The van der Waals surface area contributed by atoms with Crippen LogP contribution in [-0.2, 0) is 6.54 Å². The zero-order valence-electron chi connectivity index (χ0n) is 20.5. The van der Waals surface area contributed by atoms with Gasteiger partial charge in [-0.2, -0.15) is 5.10 Å². The number of amides is 1. The molecule has 0 aliphatic carbocycles. The minimum Gasteiger partial charge on any atom is -0.497 e. The van der Waals surface area contributed by atoms with Crippen molar-refractivity contribution in [2.75, 3.05) is 32.2 Å². The molecule has 1 N–H and O–H groups in total. The molecule has 1 aliphatic heterocycles. The van der Waals surface area contributed by atoms with E-state index in [1.54, 1.807) is 31.2 Å². The van der Waals surface area contributed by atoms with Crippen molar-refractivity contribution < 1.29 is 14.3 Å². The number of rotatable bonds is 8. The normalized spacial score (nSPS) is 13.0. The van der Waals surface area contributed by atoms with E-state index in [2.05, 4.69) is 15.2 Å². The highest BCUT2D eigenvalue weighted by atomic mass is 16.5. The van der Waals surface area contributed by atoms with Gasteiger partial charge >= 0.3 is 0 Å². The predicted octanol–water partition coefficient (Wildman–Crippen LogP) is 4.48. The number of ether oxygens (including phenoxy) is 2. The Hall–Kier alpha value is -4.33. The lowest BCUT2D eigenvalue weighted by Gasteiger charge is -2.16. The third kappa shape index (κ3) is 4.88. The van der Waals surface area contributed by atoms with Crippen LogP contribution in [0.15, 0.2) is 73.1 Å². The van der Waals surface area contributed by atoms with Crippen molar-refractivity contribution in [1.82, 2.24) is 20.1 Å². The van der Waals surface area contributed by atoms with Gasteiger partial charge in [-0.3, -0.25) is 4.79 Å². The van der Waals surface area contributed by atoms with E-state index in [1.165, 1.54) is 12.8 Å². The summed E-state index contributed by atoms with van der Waals surface area (Å²) in [6.45, 7) is 2.46. The molecule has 1 saturated heterocycles. The van der Waals surface area contributed by atoms with Crippen LogP contribution in [0.1, 0.15) is 28.8 Å². The molecule has 0 saturated carbocycles. The summed E-state index contributed by atoms with van der Waals surface area (Å²) < 4.78 is 12.6. The predicted molar refractivity (Wildman–Crippen MR) is 139 cm³/mol. The average Bonchev–Trinajstić information content (AvgIpc) is 3.63. The van der Waals surface area contributed by atoms with Gasteiger partial charge in [0.15, 0.2) is 0 Å². The lowest BCUT2D eigenvalue weighted by Crippen LogP contribution is -2.23. The van der Waals surface area contributed by atoms with E-state index in [0.717, 1.165) is 30.2 Å². The second-order valence-electron chi connectivity index (χ2n) is 8.64. The van der Waals surface area contributed by atoms with E-state index in [-0.39, 0.29) is 5.91 Å². The Labute approximate surface area is 210 Å². The second kappa shape index (κ2) is 10.5. The molecule has 0 radical (unpaired) electrons. The van der Waals surface area contributed by atoms with Crippen molar-refractivity contribution in [3.05, 3.63) is 84.2 Å². The maximum atomic E-state index is 13.4. The molecule has 2 aromatic heterocycles. The quantitative estimate of drug-likeness (QED) is 0.398. The minimum atomic E-state index is -0.228. The molecule has 8 heteroatoms. The number of hydrogen-bond donors (Lipinski definition) is 1. The Kier molecular flexibility index (Phi) is 6.84. The van der Waals surface area contributed by atoms with Crippen molar-refractivity contribution in [1.29, 1.82) is 0 Å². The van der Waals surface area contributed by atoms with Gasteiger partial charge in [0.1, 0.15) is 23.0 Å². The summed E-state index contributed by atoms with van der Waals surface area (Å²) >= 11 is 0. The van der Waals surface area contributed by atoms with E-state index >= 15 is 0 Å². The zero-order valence-corrected chi connectivity index (χ0v) is 20.5. The van der Waals surface area contributed by atoms with E-state index in [1.807, 2.05) is 60.8 Å². The SMILES string of the molecule is COc1ccc(-c2nn(-c3ccccc3)cc2C(=O)NCc2ccc(N3CCCC3)nc2)c(OC)c1. The highest BCUT2D eigenvalue weighted by Gasteiger charge is 2.22. The number of anilines is 1. The first kappa shape index (κ1) is 23.4. The largest absolute Gasteiger partial charge is 0.497 e. The van der Waals surface area contributed by atoms with Crippen molar-refractivity contribution in [2.45, 2.75) is 19.4 Å². The van der Waals surface area contributed by atoms with E-state index in [0.29, 0.717) is 34.9 Å². The molecule has 0 spiro atoms.